The van der Waals surface area contributed by atoms with Crippen molar-refractivity contribution in [1.82, 2.24) is 4.72 Å². The number of carbonyl (C=O) groups is 1. The van der Waals surface area contributed by atoms with Gasteiger partial charge in [-0.05, 0) is 69.0 Å². The molecule has 1 atom stereocenters. The molecule has 0 aromatic heterocycles. The molecule has 2 aromatic carbocycles. The van der Waals surface area contributed by atoms with Gasteiger partial charge < -0.3 is 10.1 Å². The van der Waals surface area contributed by atoms with E-state index in [0.29, 0.717) is 11.3 Å². The first-order chi connectivity index (χ1) is 13.9. The van der Waals surface area contributed by atoms with E-state index in [1.54, 1.807) is 37.3 Å². The molecule has 1 aliphatic carbocycles. The Labute approximate surface area is 170 Å². The molecule has 0 saturated heterocycles. The number of sulfonamides is 1. The zero-order valence-corrected chi connectivity index (χ0v) is 16.9. The van der Waals surface area contributed by atoms with E-state index in [0.717, 1.165) is 18.6 Å². The Hall–Kier alpha value is -2.87. The maximum atomic E-state index is 12.5. The van der Waals surface area contributed by atoms with Crippen LogP contribution in [-0.2, 0) is 14.8 Å². The average Bonchev–Trinajstić information content (AvgIpc) is 3.30. The van der Waals surface area contributed by atoms with E-state index in [1.165, 1.54) is 18.9 Å². The smallest absolute Gasteiger partial charge is 0.263 e. The van der Waals surface area contributed by atoms with Crippen molar-refractivity contribution in [3.05, 3.63) is 54.1 Å². The minimum atomic E-state index is -3.63. The fraction of sp³-hybridized carbons (Fsp3) is 0.333. The van der Waals surface area contributed by atoms with Gasteiger partial charge in [-0.1, -0.05) is 12.1 Å². The van der Waals surface area contributed by atoms with Crippen LogP contribution in [0, 0.1) is 0 Å². The molecule has 1 aliphatic heterocycles. The van der Waals surface area contributed by atoms with Gasteiger partial charge in [0.2, 0.25) is 5.91 Å². The van der Waals surface area contributed by atoms with E-state index in [1.807, 2.05) is 12.1 Å². The maximum Gasteiger partial charge on any atom is 0.263 e. The van der Waals surface area contributed by atoms with E-state index in [2.05, 4.69) is 15.0 Å². The maximum absolute atomic E-state index is 12.5. The molecule has 29 heavy (non-hydrogen) atoms. The lowest BCUT2D eigenvalue weighted by atomic mass is 10.2. The van der Waals surface area contributed by atoms with Crippen LogP contribution in [-0.4, -0.2) is 32.3 Å². The summed E-state index contributed by atoms with van der Waals surface area (Å²) in [5.41, 5.74) is 1.11. The molecular formula is C21H23N3O4S. The van der Waals surface area contributed by atoms with E-state index < -0.39 is 16.1 Å². The van der Waals surface area contributed by atoms with Gasteiger partial charge in [-0.3, -0.25) is 14.5 Å². The molecule has 2 aliphatic rings. The van der Waals surface area contributed by atoms with Gasteiger partial charge in [0.05, 0.1) is 11.0 Å². The standard InChI is InChI=1S/C21H23N3O4S/c1-14(22-20-18-8-4-5-9-19(18)29(26,27)24-20)21(25)23-15-10-12-17(13-11-15)28-16-6-2-3-7-16/h4-5,8-14,16H,2-3,6-7H2,1H3,(H,22,24)(H,23,25)/t14-/m0/s1. The van der Waals surface area contributed by atoms with Crippen LogP contribution in [0.3, 0.4) is 0 Å². The summed E-state index contributed by atoms with van der Waals surface area (Å²) in [4.78, 5) is 17.0. The van der Waals surface area contributed by atoms with Gasteiger partial charge in [-0.25, -0.2) is 8.42 Å². The Kier molecular flexibility index (Phi) is 5.27. The summed E-state index contributed by atoms with van der Waals surface area (Å²) in [6.45, 7) is 1.62. The summed E-state index contributed by atoms with van der Waals surface area (Å²) in [6, 6.07) is 13.0. The second-order valence-electron chi connectivity index (χ2n) is 7.29. The third-order valence-electron chi connectivity index (χ3n) is 5.09. The normalized spacial score (nSPS) is 20.1. The van der Waals surface area contributed by atoms with Crippen LogP contribution in [0.4, 0.5) is 5.69 Å². The molecule has 2 aromatic rings. The van der Waals surface area contributed by atoms with Crippen molar-refractivity contribution >= 4 is 27.5 Å². The molecule has 0 radical (unpaired) electrons. The van der Waals surface area contributed by atoms with Crippen molar-refractivity contribution < 1.29 is 17.9 Å². The molecule has 1 fully saturated rings. The first-order valence-corrected chi connectivity index (χ1v) is 11.2. The lowest BCUT2D eigenvalue weighted by molar-refractivity contribution is -0.117. The monoisotopic (exact) mass is 413 g/mol. The minimum Gasteiger partial charge on any atom is -0.490 e. The quantitative estimate of drug-likeness (QED) is 0.787. The van der Waals surface area contributed by atoms with Crippen molar-refractivity contribution in [3.8, 4) is 5.75 Å². The van der Waals surface area contributed by atoms with E-state index >= 15 is 0 Å². The van der Waals surface area contributed by atoms with Crippen LogP contribution >= 0.6 is 0 Å². The van der Waals surface area contributed by atoms with Crippen LogP contribution < -0.4 is 14.8 Å². The Bertz CT molecular complexity index is 1040. The number of amides is 1. The molecule has 1 amide bonds. The summed E-state index contributed by atoms with van der Waals surface area (Å²) in [7, 11) is -3.63. The van der Waals surface area contributed by atoms with Gasteiger partial charge in [-0.15, -0.1) is 0 Å². The Morgan fingerprint density at radius 3 is 2.55 bits per heavy atom. The Morgan fingerprint density at radius 1 is 1.14 bits per heavy atom. The van der Waals surface area contributed by atoms with Crippen LogP contribution in [0.1, 0.15) is 38.2 Å². The lowest BCUT2D eigenvalue weighted by Gasteiger charge is -2.14. The van der Waals surface area contributed by atoms with Gasteiger partial charge in [0, 0.05) is 11.3 Å². The number of aliphatic imine (C=N–C) groups is 1. The highest BCUT2D eigenvalue weighted by atomic mass is 32.2. The number of hydrogen-bond donors (Lipinski definition) is 2. The van der Waals surface area contributed by atoms with E-state index in [-0.39, 0.29) is 22.7 Å². The second-order valence-corrected chi connectivity index (χ2v) is 8.94. The van der Waals surface area contributed by atoms with Gasteiger partial charge >= 0.3 is 0 Å². The summed E-state index contributed by atoms with van der Waals surface area (Å²) < 4.78 is 32.7. The van der Waals surface area contributed by atoms with Gasteiger partial charge in [-0.2, -0.15) is 0 Å². The van der Waals surface area contributed by atoms with Crippen LogP contribution in [0.25, 0.3) is 0 Å². The number of amidine groups is 1. The SMILES string of the molecule is C[C@H](N=C1NS(=O)(=O)c2ccccc21)C(=O)Nc1ccc(OC2CCCC2)cc1. The number of hydrogen-bond acceptors (Lipinski definition) is 5. The molecule has 4 rings (SSSR count). The van der Waals surface area contributed by atoms with Crippen LogP contribution in [0.15, 0.2) is 58.4 Å². The van der Waals surface area contributed by atoms with Crippen molar-refractivity contribution in [3.63, 3.8) is 0 Å². The molecule has 0 bridgehead atoms. The number of ether oxygens (including phenoxy) is 1. The minimum absolute atomic E-state index is 0.171. The number of anilines is 1. The zero-order chi connectivity index (χ0) is 20.4. The van der Waals surface area contributed by atoms with Crippen molar-refractivity contribution in [2.75, 3.05) is 5.32 Å². The van der Waals surface area contributed by atoms with Crippen LogP contribution in [0.2, 0.25) is 0 Å². The van der Waals surface area contributed by atoms with E-state index in [4.69, 9.17) is 4.74 Å². The number of fused-ring (bicyclic) bond motifs is 1. The molecule has 2 N–H and O–H groups in total. The van der Waals surface area contributed by atoms with Gasteiger partial charge in [0.15, 0.2) is 0 Å². The largest absolute Gasteiger partial charge is 0.490 e. The zero-order valence-electron chi connectivity index (χ0n) is 16.1. The number of nitrogens with one attached hydrogen (secondary N) is 2. The number of rotatable bonds is 5. The fourth-order valence-corrected chi connectivity index (χ4v) is 4.78. The van der Waals surface area contributed by atoms with Crippen LogP contribution in [0.5, 0.6) is 5.75 Å². The molecule has 1 saturated carbocycles. The number of benzene rings is 2. The topological polar surface area (TPSA) is 96.9 Å². The van der Waals surface area contributed by atoms with Gasteiger partial charge in [0.1, 0.15) is 17.6 Å². The molecule has 152 valence electrons. The second kappa shape index (κ2) is 7.87. The molecule has 8 heteroatoms. The number of nitrogens with zero attached hydrogens (tertiary/aromatic N) is 1. The number of carbonyl (C=O) groups excluding carboxylic acids is 1. The van der Waals surface area contributed by atoms with E-state index in [9.17, 15) is 13.2 Å². The van der Waals surface area contributed by atoms with Crippen molar-refractivity contribution in [1.29, 1.82) is 0 Å². The molecular weight excluding hydrogens is 390 g/mol. The highest BCUT2D eigenvalue weighted by Gasteiger charge is 2.31. The Morgan fingerprint density at radius 2 is 1.83 bits per heavy atom. The highest BCUT2D eigenvalue weighted by Crippen LogP contribution is 2.25. The summed E-state index contributed by atoms with van der Waals surface area (Å²) in [5.74, 6) is 0.647. The third kappa shape index (κ3) is 4.27. The average molecular weight is 413 g/mol. The predicted octanol–water partition coefficient (Wildman–Crippen LogP) is 3.07. The Balaban J connectivity index is 1.42. The molecule has 1 heterocycles. The molecule has 7 nitrogen and oxygen atoms in total. The first-order valence-electron chi connectivity index (χ1n) is 9.70. The third-order valence-corrected chi connectivity index (χ3v) is 6.49. The summed E-state index contributed by atoms with van der Waals surface area (Å²) in [5, 5.41) is 2.80. The van der Waals surface area contributed by atoms with Crippen molar-refractivity contribution in [2.24, 2.45) is 4.99 Å². The first kappa shape index (κ1) is 19.4. The summed E-state index contributed by atoms with van der Waals surface area (Å²) in [6.07, 6.45) is 4.87. The predicted molar refractivity (Wildman–Crippen MR) is 111 cm³/mol. The van der Waals surface area contributed by atoms with Gasteiger partial charge in [0.25, 0.3) is 10.0 Å². The lowest BCUT2D eigenvalue weighted by Crippen LogP contribution is -2.28. The fourth-order valence-electron chi connectivity index (χ4n) is 3.54. The molecule has 0 unspecified atom stereocenters. The molecule has 0 spiro atoms. The highest BCUT2D eigenvalue weighted by molar-refractivity contribution is 7.90. The summed E-state index contributed by atoms with van der Waals surface area (Å²) >= 11 is 0. The van der Waals surface area contributed by atoms with Crippen molar-refractivity contribution in [2.45, 2.75) is 49.6 Å².